The summed E-state index contributed by atoms with van der Waals surface area (Å²) in [6, 6.07) is 30.0. The fourth-order valence-corrected chi connectivity index (χ4v) is 3.96. The maximum atomic E-state index is 8.31. The van der Waals surface area contributed by atoms with Gasteiger partial charge in [0.1, 0.15) is 0 Å². The van der Waals surface area contributed by atoms with Gasteiger partial charge in [-0.3, -0.25) is 0 Å². The Labute approximate surface area is 244 Å². The minimum atomic E-state index is -2.26. The zero-order valence-electron chi connectivity index (χ0n) is 26.2. The van der Waals surface area contributed by atoms with Gasteiger partial charge in [-0.1, -0.05) is 55.5 Å². The Kier molecular flexibility index (Phi) is 6.62. The van der Waals surface area contributed by atoms with E-state index in [0.29, 0.717) is 16.9 Å². The van der Waals surface area contributed by atoms with E-state index < -0.39 is 18.6 Å². The van der Waals surface area contributed by atoms with Gasteiger partial charge in [-0.2, -0.15) is 0 Å². The molecule has 0 amide bonds. The molecule has 0 saturated heterocycles. The molecule has 0 aliphatic rings. The fraction of sp³-hybridized carbons (Fsp3) is 0.182. The van der Waals surface area contributed by atoms with Crippen LogP contribution >= 0.6 is 0 Å². The number of pyridine rings is 3. The fourth-order valence-electron chi connectivity index (χ4n) is 3.96. The van der Waals surface area contributed by atoms with E-state index in [2.05, 4.69) is 27.1 Å². The molecular formula is C33H29IrN3O-2. The van der Waals surface area contributed by atoms with Crippen molar-refractivity contribution in [2.45, 2.75) is 34.0 Å². The molecule has 0 spiro atoms. The molecule has 1 radical (unpaired) electrons. The number of nitrogens with zero attached hydrogens (tertiary/aromatic N) is 3. The van der Waals surface area contributed by atoms with Crippen molar-refractivity contribution in [3.05, 3.63) is 115 Å². The topological polar surface area (TPSA) is 51.8 Å². The van der Waals surface area contributed by atoms with E-state index >= 15 is 0 Å². The zero-order chi connectivity index (χ0) is 30.1. The predicted molar refractivity (Wildman–Crippen MR) is 150 cm³/mol. The quantitative estimate of drug-likeness (QED) is 0.177. The van der Waals surface area contributed by atoms with Gasteiger partial charge < -0.3 is 14.4 Å². The minimum Gasteiger partial charge on any atom is -0.486 e. The number of benzene rings is 2. The molecule has 0 saturated carbocycles. The van der Waals surface area contributed by atoms with Crippen LogP contribution in [0.1, 0.15) is 38.9 Å². The molecule has 0 aliphatic carbocycles. The Balaban J connectivity index is 0.000000196. The first-order chi connectivity index (χ1) is 19.9. The smallest absolute Gasteiger partial charge is 0.216 e. The molecule has 38 heavy (non-hydrogen) atoms. The van der Waals surface area contributed by atoms with Crippen LogP contribution in [0, 0.1) is 24.4 Å². The number of furan rings is 1. The third-order valence-electron chi connectivity index (χ3n) is 5.48. The number of rotatable bonds is 3. The summed E-state index contributed by atoms with van der Waals surface area (Å²) in [6.45, 7) is 3.45. The summed E-state index contributed by atoms with van der Waals surface area (Å²) in [5.74, 6) is 0. The van der Waals surface area contributed by atoms with E-state index in [9.17, 15) is 0 Å². The molecule has 2 aromatic carbocycles. The molecule has 0 aliphatic heterocycles. The van der Waals surface area contributed by atoms with Crippen molar-refractivity contribution in [3.63, 3.8) is 0 Å². The number of aromatic nitrogens is 3. The second-order valence-corrected chi connectivity index (χ2v) is 9.54. The Morgan fingerprint density at radius 2 is 1.71 bits per heavy atom. The van der Waals surface area contributed by atoms with Crippen molar-refractivity contribution in [3.8, 4) is 22.5 Å². The maximum absolute atomic E-state index is 8.31. The Hall–Kier alpha value is -3.66. The normalized spacial score (nSPS) is 13.7. The minimum absolute atomic E-state index is 0. The molecule has 4 aromatic heterocycles. The Morgan fingerprint density at radius 3 is 2.45 bits per heavy atom. The SMILES string of the molecule is [2H]C([2H])([2H])c1ccc2c(n1)oc1c(-c3ccccn3)[c-]ccc12.[2H]C([2H])(c1ccnc(-c2[c-]cccc2)c1)C(C)(C)C.[Ir]. The predicted octanol–water partition coefficient (Wildman–Crippen LogP) is 8.29. The van der Waals surface area contributed by atoms with Gasteiger partial charge in [0.05, 0.1) is 5.58 Å². The number of fused-ring (bicyclic) bond motifs is 3. The van der Waals surface area contributed by atoms with Crippen molar-refractivity contribution in [2.24, 2.45) is 5.41 Å². The van der Waals surface area contributed by atoms with Gasteiger partial charge in [-0.25, -0.2) is 4.98 Å². The summed E-state index contributed by atoms with van der Waals surface area (Å²) in [6.07, 6.45) is 1.96. The molecule has 4 heterocycles. The summed E-state index contributed by atoms with van der Waals surface area (Å²) >= 11 is 0. The van der Waals surface area contributed by atoms with Crippen LogP contribution in [0.15, 0.2) is 95.7 Å². The number of hydrogen-bond acceptors (Lipinski definition) is 4. The standard InChI is InChI=1S/C17H11N2O.C16H18N.Ir/c1-11-8-9-13-12-5-4-6-14(15-7-2-3-10-18-15)16(12)20-17(13)19-11;1-16(2,3)12-13-9-10-17-15(11-13)14-7-5-4-6-8-14;/h2-5,7-10H,1H3;4-7,9-11H,12H2,1-3H3;/q2*-1;/i1D3;12D2;. The van der Waals surface area contributed by atoms with Crippen molar-refractivity contribution < 1.29 is 31.4 Å². The second kappa shape index (κ2) is 11.8. The van der Waals surface area contributed by atoms with Crippen LogP contribution in [-0.2, 0) is 26.5 Å². The van der Waals surface area contributed by atoms with E-state index in [1.54, 1.807) is 30.6 Å². The Morgan fingerprint density at radius 1 is 0.868 bits per heavy atom. The largest absolute Gasteiger partial charge is 0.486 e. The molecule has 5 heteroatoms. The van der Waals surface area contributed by atoms with E-state index in [1.807, 2.05) is 75.4 Å². The van der Waals surface area contributed by atoms with Gasteiger partial charge in [0, 0.05) is 50.4 Å². The van der Waals surface area contributed by atoms with E-state index in [-0.39, 0.29) is 25.8 Å². The summed E-state index contributed by atoms with van der Waals surface area (Å²) in [4.78, 5) is 12.8. The third-order valence-corrected chi connectivity index (χ3v) is 5.48. The van der Waals surface area contributed by atoms with Crippen molar-refractivity contribution in [1.29, 1.82) is 0 Å². The van der Waals surface area contributed by atoms with Gasteiger partial charge in [0.15, 0.2) is 0 Å². The third kappa shape index (κ3) is 6.42. The van der Waals surface area contributed by atoms with Gasteiger partial charge in [-0.05, 0) is 54.3 Å². The van der Waals surface area contributed by atoms with Crippen LogP contribution < -0.4 is 0 Å². The first-order valence-corrected chi connectivity index (χ1v) is 12.0. The van der Waals surface area contributed by atoms with Gasteiger partial charge >= 0.3 is 0 Å². The summed E-state index contributed by atoms with van der Waals surface area (Å²) in [5.41, 5.74) is 4.24. The molecule has 0 atom stereocenters. The van der Waals surface area contributed by atoms with Crippen molar-refractivity contribution >= 4 is 22.1 Å². The van der Waals surface area contributed by atoms with Gasteiger partial charge in [0.2, 0.25) is 5.71 Å². The summed E-state index contributed by atoms with van der Waals surface area (Å²) < 4.78 is 44.9. The maximum Gasteiger partial charge on any atom is 0.216 e. The van der Waals surface area contributed by atoms with Crippen molar-refractivity contribution in [2.75, 3.05) is 0 Å². The molecule has 6 aromatic rings. The molecule has 193 valence electrons. The summed E-state index contributed by atoms with van der Waals surface area (Å²) in [5, 5.41) is 1.64. The zero-order valence-corrected chi connectivity index (χ0v) is 23.6. The molecule has 6 rings (SSSR count). The molecule has 0 N–H and O–H groups in total. The molecule has 0 bridgehead atoms. The van der Waals surface area contributed by atoms with E-state index in [1.165, 1.54) is 6.07 Å². The van der Waals surface area contributed by atoms with Crippen LogP contribution in [0.25, 0.3) is 44.6 Å². The average molecular weight is 681 g/mol. The first-order valence-electron chi connectivity index (χ1n) is 14.5. The Bertz CT molecular complexity index is 1830. The molecule has 4 nitrogen and oxygen atoms in total. The van der Waals surface area contributed by atoms with Gasteiger partial charge in [0.25, 0.3) is 0 Å². The summed E-state index contributed by atoms with van der Waals surface area (Å²) in [7, 11) is 0. The monoisotopic (exact) mass is 681 g/mol. The van der Waals surface area contributed by atoms with Crippen LogP contribution in [0.2, 0.25) is 0 Å². The average Bonchev–Trinajstić information content (AvgIpc) is 3.36. The number of aryl methyl sites for hydroxylation is 1. The molecule has 0 unspecified atom stereocenters. The van der Waals surface area contributed by atoms with Gasteiger partial charge in [-0.15, -0.1) is 54.1 Å². The van der Waals surface area contributed by atoms with E-state index in [0.717, 1.165) is 33.3 Å². The first kappa shape index (κ1) is 21.3. The number of hydrogen-bond donors (Lipinski definition) is 0. The van der Waals surface area contributed by atoms with Crippen molar-refractivity contribution in [1.82, 2.24) is 15.0 Å². The molecule has 0 fully saturated rings. The van der Waals surface area contributed by atoms with Crippen LogP contribution in [0.4, 0.5) is 0 Å². The molecular weight excluding hydrogens is 647 g/mol. The van der Waals surface area contributed by atoms with E-state index in [4.69, 9.17) is 11.3 Å². The van der Waals surface area contributed by atoms with Crippen LogP contribution in [-0.4, -0.2) is 15.0 Å². The second-order valence-electron chi connectivity index (χ2n) is 9.54. The van der Waals surface area contributed by atoms with Crippen LogP contribution in [0.5, 0.6) is 0 Å². The van der Waals surface area contributed by atoms with Crippen LogP contribution in [0.3, 0.4) is 0 Å².